The molecule has 0 aliphatic carbocycles. The van der Waals surface area contributed by atoms with Crippen LogP contribution in [0.2, 0.25) is 0 Å². The van der Waals surface area contributed by atoms with Crippen molar-refractivity contribution in [3.8, 4) is 11.5 Å². The normalized spacial score (nSPS) is 15.3. The molecule has 0 bridgehead atoms. The van der Waals surface area contributed by atoms with Crippen molar-refractivity contribution in [2.75, 3.05) is 27.3 Å². The van der Waals surface area contributed by atoms with Crippen LogP contribution in [-0.4, -0.2) is 50.1 Å². The van der Waals surface area contributed by atoms with Gasteiger partial charge in [-0.1, -0.05) is 0 Å². The molecular formula is C16H22N2O4. The van der Waals surface area contributed by atoms with Gasteiger partial charge in [-0.2, -0.15) is 0 Å². The SMILES string of the molecule is COc1cc(OC)cc(C(=O)NC2CCN(C(C)=O)CC2)c1. The predicted octanol–water partition coefficient (Wildman–Crippen LogP) is 1.44. The van der Waals surface area contributed by atoms with Crippen molar-refractivity contribution in [1.29, 1.82) is 0 Å². The van der Waals surface area contributed by atoms with Gasteiger partial charge in [-0.05, 0) is 25.0 Å². The maximum absolute atomic E-state index is 12.4. The molecule has 6 heteroatoms. The summed E-state index contributed by atoms with van der Waals surface area (Å²) in [7, 11) is 3.10. The van der Waals surface area contributed by atoms with Gasteiger partial charge in [-0.3, -0.25) is 9.59 Å². The number of methoxy groups -OCH3 is 2. The van der Waals surface area contributed by atoms with E-state index < -0.39 is 0 Å². The minimum absolute atomic E-state index is 0.0836. The lowest BCUT2D eigenvalue weighted by Gasteiger charge is -2.31. The number of ether oxygens (including phenoxy) is 2. The van der Waals surface area contributed by atoms with E-state index in [0.717, 1.165) is 12.8 Å². The number of carbonyl (C=O) groups is 2. The van der Waals surface area contributed by atoms with Crippen molar-refractivity contribution in [3.63, 3.8) is 0 Å². The van der Waals surface area contributed by atoms with Gasteiger partial charge in [0, 0.05) is 37.7 Å². The summed E-state index contributed by atoms with van der Waals surface area (Å²) >= 11 is 0. The molecule has 0 spiro atoms. The van der Waals surface area contributed by atoms with Gasteiger partial charge in [0.25, 0.3) is 5.91 Å². The molecular weight excluding hydrogens is 284 g/mol. The highest BCUT2D eigenvalue weighted by Gasteiger charge is 2.22. The monoisotopic (exact) mass is 306 g/mol. The van der Waals surface area contributed by atoms with Crippen LogP contribution in [-0.2, 0) is 4.79 Å². The van der Waals surface area contributed by atoms with Crippen molar-refractivity contribution in [2.45, 2.75) is 25.8 Å². The zero-order chi connectivity index (χ0) is 16.1. The Morgan fingerprint density at radius 1 is 1.09 bits per heavy atom. The zero-order valence-corrected chi connectivity index (χ0v) is 13.2. The smallest absolute Gasteiger partial charge is 0.251 e. The van der Waals surface area contributed by atoms with Crippen molar-refractivity contribution in [1.82, 2.24) is 10.2 Å². The minimum Gasteiger partial charge on any atom is -0.497 e. The van der Waals surface area contributed by atoms with Crippen LogP contribution in [0.5, 0.6) is 11.5 Å². The lowest BCUT2D eigenvalue weighted by atomic mass is 10.0. The summed E-state index contributed by atoms with van der Waals surface area (Å²) in [5.74, 6) is 1.09. The largest absolute Gasteiger partial charge is 0.497 e. The molecule has 6 nitrogen and oxygen atoms in total. The average Bonchev–Trinajstić information content (AvgIpc) is 2.54. The van der Waals surface area contributed by atoms with Crippen LogP contribution in [0.25, 0.3) is 0 Å². The molecule has 1 N–H and O–H groups in total. The number of rotatable bonds is 4. The number of nitrogens with zero attached hydrogens (tertiary/aromatic N) is 1. The van der Waals surface area contributed by atoms with Gasteiger partial charge in [0.2, 0.25) is 5.91 Å². The highest BCUT2D eigenvalue weighted by atomic mass is 16.5. The van der Waals surface area contributed by atoms with Gasteiger partial charge in [0.05, 0.1) is 14.2 Å². The first-order chi connectivity index (χ1) is 10.5. The highest BCUT2D eigenvalue weighted by Crippen LogP contribution is 2.22. The second-order valence-corrected chi connectivity index (χ2v) is 5.36. The third-order valence-corrected chi connectivity index (χ3v) is 3.89. The van der Waals surface area contributed by atoms with Crippen LogP contribution in [0.1, 0.15) is 30.1 Å². The van der Waals surface area contributed by atoms with E-state index in [9.17, 15) is 9.59 Å². The molecule has 22 heavy (non-hydrogen) atoms. The van der Waals surface area contributed by atoms with E-state index in [1.54, 1.807) is 44.2 Å². The van der Waals surface area contributed by atoms with E-state index in [1.165, 1.54) is 0 Å². The molecule has 2 amide bonds. The number of piperidine rings is 1. The number of likely N-dealkylation sites (tertiary alicyclic amines) is 1. The topological polar surface area (TPSA) is 67.9 Å². The summed E-state index contributed by atoms with van der Waals surface area (Å²) in [5, 5.41) is 3.01. The predicted molar refractivity (Wildman–Crippen MR) is 82.3 cm³/mol. The Morgan fingerprint density at radius 2 is 1.64 bits per heavy atom. The molecule has 1 aliphatic rings. The van der Waals surface area contributed by atoms with Crippen LogP contribution in [0, 0.1) is 0 Å². The van der Waals surface area contributed by atoms with E-state index in [2.05, 4.69) is 5.32 Å². The van der Waals surface area contributed by atoms with Gasteiger partial charge in [-0.25, -0.2) is 0 Å². The summed E-state index contributed by atoms with van der Waals surface area (Å²) in [6, 6.07) is 5.17. The van der Waals surface area contributed by atoms with Crippen LogP contribution in [0.3, 0.4) is 0 Å². The molecule has 0 unspecified atom stereocenters. The number of nitrogens with one attached hydrogen (secondary N) is 1. The quantitative estimate of drug-likeness (QED) is 0.914. The third kappa shape index (κ3) is 3.90. The van der Waals surface area contributed by atoms with E-state index in [1.807, 2.05) is 0 Å². The van der Waals surface area contributed by atoms with E-state index in [4.69, 9.17) is 9.47 Å². The first kappa shape index (κ1) is 16.1. The van der Waals surface area contributed by atoms with Crippen LogP contribution >= 0.6 is 0 Å². The molecule has 0 atom stereocenters. The lowest BCUT2D eigenvalue weighted by molar-refractivity contribution is -0.129. The van der Waals surface area contributed by atoms with Crippen LogP contribution in [0.15, 0.2) is 18.2 Å². The third-order valence-electron chi connectivity index (χ3n) is 3.89. The fourth-order valence-electron chi connectivity index (χ4n) is 2.55. The van der Waals surface area contributed by atoms with E-state index >= 15 is 0 Å². The van der Waals surface area contributed by atoms with Gasteiger partial charge < -0.3 is 19.7 Å². The molecule has 1 aromatic rings. The zero-order valence-electron chi connectivity index (χ0n) is 13.2. The highest BCUT2D eigenvalue weighted by molar-refractivity contribution is 5.95. The lowest BCUT2D eigenvalue weighted by Crippen LogP contribution is -2.46. The Labute approximate surface area is 130 Å². The fourth-order valence-corrected chi connectivity index (χ4v) is 2.55. The number of carbonyl (C=O) groups excluding carboxylic acids is 2. The average molecular weight is 306 g/mol. The summed E-state index contributed by atoms with van der Waals surface area (Å²) in [4.78, 5) is 25.5. The second kappa shape index (κ2) is 7.15. The standard InChI is InChI=1S/C16H22N2O4/c1-11(19)18-6-4-13(5-7-18)17-16(20)12-8-14(21-2)10-15(9-12)22-3/h8-10,13H,4-7H2,1-3H3,(H,17,20). The Bertz CT molecular complexity index is 529. The van der Waals surface area contributed by atoms with Crippen molar-refractivity contribution < 1.29 is 19.1 Å². The van der Waals surface area contributed by atoms with Crippen LogP contribution < -0.4 is 14.8 Å². The molecule has 0 aromatic heterocycles. The van der Waals surface area contributed by atoms with Crippen molar-refractivity contribution >= 4 is 11.8 Å². The Morgan fingerprint density at radius 3 is 2.09 bits per heavy atom. The maximum atomic E-state index is 12.4. The van der Waals surface area contributed by atoms with E-state index in [0.29, 0.717) is 30.2 Å². The van der Waals surface area contributed by atoms with Crippen molar-refractivity contribution in [2.24, 2.45) is 0 Å². The van der Waals surface area contributed by atoms with Crippen molar-refractivity contribution in [3.05, 3.63) is 23.8 Å². The molecule has 0 radical (unpaired) electrons. The maximum Gasteiger partial charge on any atom is 0.251 e. The Hall–Kier alpha value is -2.24. The molecule has 1 aliphatic heterocycles. The number of hydrogen-bond donors (Lipinski definition) is 1. The summed E-state index contributed by atoms with van der Waals surface area (Å²) in [5.41, 5.74) is 0.505. The summed E-state index contributed by atoms with van der Waals surface area (Å²) in [6.45, 7) is 2.94. The number of hydrogen-bond acceptors (Lipinski definition) is 4. The van der Waals surface area contributed by atoms with Gasteiger partial charge in [-0.15, -0.1) is 0 Å². The first-order valence-corrected chi connectivity index (χ1v) is 7.33. The Balaban J connectivity index is 1.99. The molecule has 2 rings (SSSR count). The molecule has 0 saturated carbocycles. The van der Waals surface area contributed by atoms with Gasteiger partial charge in [0.1, 0.15) is 11.5 Å². The number of amides is 2. The first-order valence-electron chi connectivity index (χ1n) is 7.33. The number of benzene rings is 1. The van der Waals surface area contributed by atoms with Gasteiger partial charge >= 0.3 is 0 Å². The van der Waals surface area contributed by atoms with Gasteiger partial charge in [0.15, 0.2) is 0 Å². The fraction of sp³-hybridized carbons (Fsp3) is 0.500. The molecule has 1 heterocycles. The summed E-state index contributed by atoms with van der Waals surface area (Å²) < 4.78 is 10.3. The molecule has 120 valence electrons. The van der Waals surface area contributed by atoms with Crippen LogP contribution in [0.4, 0.5) is 0 Å². The molecule has 1 fully saturated rings. The minimum atomic E-state index is -0.154. The second-order valence-electron chi connectivity index (χ2n) is 5.36. The molecule has 1 aromatic carbocycles. The molecule has 1 saturated heterocycles. The van der Waals surface area contributed by atoms with E-state index in [-0.39, 0.29) is 17.9 Å². The Kier molecular flexibility index (Phi) is 5.25. The summed E-state index contributed by atoms with van der Waals surface area (Å²) in [6.07, 6.45) is 1.54.